The van der Waals surface area contributed by atoms with Crippen molar-refractivity contribution in [3.8, 4) is 0 Å². The van der Waals surface area contributed by atoms with Gasteiger partial charge in [0.15, 0.2) is 0 Å². The van der Waals surface area contributed by atoms with Crippen molar-refractivity contribution in [3.63, 3.8) is 0 Å². The molecule has 1 N–H and O–H groups in total. The second-order valence-electron chi connectivity index (χ2n) is 8.00. The molecule has 0 bridgehead atoms. The van der Waals surface area contributed by atoms with E-state index < -0.39 is 5.60 Å². The van der Waals surface area contributed by atoms with Gasteiger partial charge in [-0.2, -0.15) is 0 Å². The van der Waals surface area contributed by atoms with Crippen molar-refractivity contribution in [2.45, 2.75) is 45.4 Å². The first kappa shape index (κ1) is 18.2. The van der Waals surface area contributed by atoms with Crippen LogP contribution in [-0.4, -0.2) is 22.7 Å². The van der Waals surface area contributed by atoms with Crippen molar-refractivity contribution in [2.75, 3.05) is 7.05 Å². The van der Waals surface area contributed by atoms with E-state index in [0.717, 1.165) is 0 Å². The first-order chi connectivity index (χ1) is 11.9. The molecular weight excluding hydrogens is 306 g/mol. The molecule has 2 aromatic carbocycles. The Morgan fingerprint density at radius 3 is 1.48 bits per heavy atom. The molecule has 0 radical (unpaired) electrons. The van der Waals surface area contributed by atoms with Gasteiger partial charge in [-0.3, -0.25) is 4.90 Å². The van der Waals surface area contributed by atoms with Gasteiger partial charge in [-0.05, 0) is 24.1 Å². The third-order valence-electron chi connectivity index (χ3n) is 6.49. The molecule has 0 spiro atoms. The van der Waals surface area contributed by atoms with Crippen LogP contribution in [0.4, 0.5) is 0 Å². The summed E-state index contributed by atoms with van der Waals surface area (Å²) in [5.74, 6) is 0.494. The molecule has 4 atom stereocenters. The zero-order chi connectivity index (χ0) is 18.2. The molecule has 1 heterocycles. The van der Waals surface area contributed by atoms with Crippen LogP contribution in [0.15, 0.2) is 60.7 Å². The second-order valence-corrected chi connectivity index (χ2v) is 8.00. The number of nitrogens with zero attached hydrogens (tertiary/aromatic N) is 1. The minimum absolute atomic E-state index is 0.148. The minimum Gasteiger partial charge on any atom is -0.389 e. The van der Waals surface area contributed by atoms with Crippen molar-refractivity contribution in [1.82, 2.24) is 4.90 Å². The molecule has 3 rings (SSSR count). The van der Waals surface area contributed by atoms with Gasteiger partial charge < -0.3 is 5.11 Å². The number of aliphatic hydroxyl groups is 1. The maximum atomic E-state index is 11.8. The van der Waals surface area contributed by atoms with Crippen LogP contribution in [0.5, 0.6) is 0 Å². The fourth-order valence-corrected chi connectivity index (χ4v) is 5.20. The number of piperidine rings is 1. The van der Waals surface area contributed by atoms with E-state index in [-0.39, 0.29) is 29.8 Å². The lowest BCUT2D eigenvalue weighted by atomic mass is 9.61. The van der Waals surface area contributed by atoms with Gasteiger partial charge in [-0.15, -0.1) is 0 Å². The lowest BCUT2D eigenvalue weighted by molar-refractivity contribution is -0.179. The van der Waals surface area contributed by atoms with Crippen LogP contribution in [0.2, 0.25) is 0 Å². The van der Waals surface area contributed by atoms with E-state index in [1.165, 1.54) is 11.1 Å². The summed E-state index contributed by atoms with van der Waals surface area (Å²) in [4.78, 5) is 2.47. The molecule has 0 aliphatic carbocycles. The van der Waals surface area contributed by atoms with Crippen molar-refractivity contribution in [2.24, 2.45) is 17.8 Å². The predicted octanol–water partition coefficient (Wildman–Crippen LogP) is 5.07. The van der Waals surface area contributed by atoms with Gasteiger partial charge >= 0.3 is 0 Å². The zero-order valence-corrected chi connectivity index (χ0v) is 16.1. The van der Waals surface area contributed by atoms with E-state index in [4.69, 9.17) is 0 Å². The van der Waals surface area contributed by atoms with Gasteiger partial charge in [0, 0.05) is 23.9 Å². The first-order valence-corrected chi connectivity index (χ1v) is 9.43. The Morgan fingerprint density at radius 2 is 1.16 bits per heavy atom. The third kappa shape index (κ3) is 2.92. The number of hydrogen-bond donors (Lipinski definition) is 1. The predicted molar refractivity (Wildman–Crippen MR) is 104 cm³/mol. The van der Waals surface area contributed by atoms with Gasteiger partial charge in [0.1, 0.15) is 0 Å². The van der Waals surface area contributed by atoms with Crippen LogP contribution in [0.3, 0.4) is 0 Å². The van der Waals surface area contributed by atoms with Gasteiger partial charge in [-0.25, -0.2) is 0 Å². The quantitative estimate of drug-likeness (QED) is 0.845. The van der Waals surface area contributed by atoms with Gasteiger partial charge in [-0.1, -0.05) is 88.4 Å². The fraction of sp³-hybridized carbons (Fsp3) is 0.478. The molecule has 4 unspecified atom stereocenters. The lowest BCUT2D eigenvalue weighted by Gasteiger charge is -2.58. The third-order valence-corrected chi connectivity index (χ3v) is 6.49. The summed E-state index contributed by atoms with van der Waals surface area (Å²) in [6.07, 6.45) is 0. The maximum Gasteiger partial charge on any atom is 0.0757 e. The summed E-state index contributed by atoms with van der Waals surface area (Å²) >= 11 is 0. The van der Waals surface area contributed by atoms with Crippen LogP contribution in [-0.2, 0) is 0 Å². The van der Waals surface area contributed by atoms with Gasteiger partial charge in [0.2, 0.25) is 0 Å². The Morgan fingerprint density at radius 1 is 0.800 bits per heavy atom. The molecule has 1 aliphatic heterocycles. The highest BCUT2D eigenvalue weighted by atomic mass is 16.3. The van der Waals surface area contributed by atoms with E-state index in [2.05, 4.69) is 100 Å². The van der Waals surface area contributed by atoms with Crippen LogP contribution in [0.1, 0.15) is 50.9 Å². The van der Waals surface area contributed by atoms with Crippen molar-refractivity contribution >= 4 is 0 Å². The van der Waals surface area contributed by atoms with Crippen LogP contribution in [0, 0.1) is 17.8 Å². The molecule has 25 heavy (non-hydrogen) atoms. The molecule has 0 saturated carbocycles. The standard InChI is InChI=1S/C23H31NO/c1-16(2)23(25)17(3)21(19-12-8-6-9-13-19)24(5)22(18(23)4)20-14-10-7-11-15-20/h6-18,21-22,25H,1-5H3. The Balaban J connectivity index is 2.13. The minimum atomic E-state index is -0.715. The molecule has 2 nitrogen and oxygen atoms in total. The van der Waals surface area contributed by atoms with E-state index in [1.54, 1.807) is 0 Å². The summed E-state index contributed by atoms with van der Waals surface area (Å²) < 4.78 is 0. The van der Waals surface area contributed by atoms with E-state index >= 15 is 0 Å². The number of likely N-dealkylation sites (tertiary alicyclic amines) is 1. The highest BCUT2D eigenvalue weighted by Gasteiger charge is 2.55. The zero-order valence-electron chi connectivity index (χ0n) is 16.1. The monoisotopic (exact) mass is 337 g/mol. The highest BCUT2D eigenvalue weighted by Crippen LogP contribution is 2.54. The lowest BCUT2D eigenvalue weighted by Crippen LogP contribution is -2.60. The molecule has 2 heteroatoms. The number of benzene rings is 2. The molecule has 1 saturated heterocycles. The Bertz CT molecular complexity index is 628. The highest BCUT2D eigenvalue weighted by molar-refractivity contribution is 5.28. The summed E-state index contributed by atoms with van der Waals surface area (Å²) in [6.45, 7) is 8.74. The molecule has 0 amide bonds. The second kappa shape index (κ2) is 6.93. The van der Waals surface area contributed by atoms with E-state index in [0.29, 0.717) is 0 Å². The molecular formula is C23H31NO. The van der Waals surface area contributed by atoms with Crippen LogP contribution < -0.4 is 0 Å². The van der Waals surface area contributed by atoms with Crippen molar-refractivity contribution in [3.05, 3.63) is 71.8 Å². The molecule has 1 fully saturated rings. The smallest absolute Gasteiger partial charge is 0.0757 e. The van der Waals surface area contributed by atoms with E-state index in [1.807, 2.05) is 0 Å². The molecule has 1 aliphatic rings. The topological polar surface area (TPSA) is 23.5 Å². The SMILES string of the molecule is CC(C)C1(O)C(C)C(c2ccccc2)N(C)C(c2ccccc2)C1C. The Hall–Kier alpha value is -1.64. The van der Waals surface area contributed by atoms with Crippen molar-refractivity contribution in [1.29, 1.82) is 0 Å². The Kier molecular flexibility index (Phi) is 5.04. The van der Waals surface area contributed by atoms with Gasteiger partial charge in [0.25, 0.3) is 0 Å². The number of rotatable bonds is 3. The van der Waals surface area contributed by atoms with Crippen molar-refractivity contribution < 1.29 is 5.11 Å². The largest absolute Gasteiger partial charge is 0.389 e. The molecule has 134 valence electrons. The average Bonchev–Trinajstić information content (AvgIpc) is 2.62. The Labute approximate surface area is 152 Å². The van der Waals surface area contributed by atoms with Crippen LogP contribution >= 0.6 is 0 Å². The normalized spacial score (nSPS) is 33.6. The van der Waals surface area contributed by atoms with E-state index in [9.17, 15) is 5.11 Å². The summed E-state index contributed by atoms with van der Waals surface area (Å²) in [7, 11) is 2.21. The summed E-state index contributed by atoms with van der Waals surface area (Å²) in [5, 5.41) is 11.8. The first-order valence-electron chi connectivity index (χ1n) is 9.43. The number of hydrogen-bond acceptors (Lipinski definition) is 2. The molecule has 0 aromatic heterocycles. The summed E-state index contributed by atoms with van der Waals surface area (Å²) in [5.41, 5.74) is 1.85. The maximum absolute atomic E-state index is 11.8. The average molecular weight is 338 g/mol. The fourth-order valence-electron chi connectivity index (χ4n) is 5.20. The van der Waals surface area contributed by atoms with Gasteiger partial charge in [0.05, 0.1) is 5.60 Å². The molecule has 2 aromatic rings. The van der Waals surface area contributed by atoms with Crippen LogP contribution in [0.25, 0.3) is 0 Å². The summed E-state index contributed by atoms with van der Waals surface area (Å²) in [6, 6.07) is 21.6.